The first-order valence-corrected chi connectivity index (χ1v) is 10.3. The molecule has 0 bridgehead atoms. The van der Waals surface area contributed by atoms with Crippen molar-refractivity contribution in [3.63, 3.8) is 0 Å². The van der Waals surface area contributed by atoms with E-state index in [0.717, 1.165) is 71.5 Å². The largest absolute Gasteiger partial charge is 0.454 e. The van der Waals surface area contributed by atoms with Crippen LogP contribution in [0, 0.1) is 13.8 Å². The van der Waals surface area contributed by atoms with Crippen molar-refractivity contribution in [2.45, 2.75) is 20.4 Å². The molecule has 6 heteroatoms. The van der Waals surface area contributed by atoms with Gasteiger partial charge in [0, 0.05) is 61.3 Å². The number of piperazine rings is 1. The lowest BCUT2D eigenvalue weighted by Crippen LogP contribution is -2.43. The third kappa shape index (κ3) is 3.42. The molecule has 3 aromatic heterocycles. The summed E-state index contributed by atoms with van der Waals surface area (Å²) in [4.78, 5) is 21.6. The number of hydrogen-bond donors (Lipinski definition) is 0. The van der Waals surface area contributed by atoms with E-state index in [9.17, 15) is 4.79 Å². The Bertz CT molecular complexity index is 1300. The maximum atomic E-state index is 12.2. The fraction of sp³-hybridized carbons (Fsp3) is 0.333. The van der Waals surface area contributed by atoms with Gasteiger partial charge in [0.25, 0.3) is 0 Å². The van der Waals surface area contributed by atoms with Gasteiger partial charge < -0.3 is 13.7 Å². The van der Waals surface area contributed by atoms with Crippen molar-refractivity contribution in [2.75, 3.05) is 33.2 Å². The number of rotatable bonds is 3. The Morgan fingerprint density at radius 3 is 2.60 bits per heavy atom. The standard InChI is InChI=1S/C24H25N3O3/c1-15-4-5-18-20(12-23(28)29-21(18)10-15)22-11-19-17(13-25-16(2)24(19)30-22)14-27-8-6-26(3)7-9-27/h4-5,10-13H,6-9,14H2,1-3H3. The summed E-state index contributed by atoms with van der Waals surface area (Å²) in [7, 11) is 2.16. The summed E-state index contributed by atoms with van der Waals surface area (Å²) >= 11 is 0. The van der Waals surface area contributed by atoms with Gasteiger partial charge in [0.15, 0.2) is 5.58 Å². The highest BCUT2D eigenvalue weighted by Crippen LogP contribution is 2.34. The highest BCUT2D eigenvalue weighted by atomic mass is 16.4. The van der Waals surface area contributed by atoms with Gasteiger partial charge in [0.2, 0.25) is 0 Å². The lowest BCUT2D eigenvalue weighted by molar-refractivity contribution is 0.148. The van der Waals surface area contributed by atoms with Crippen molar-refractivity contribution in [3.05, 3.63) is 63.8 Å². The van der Waals surface area contributed by atoms with E-state index in [1.165, 1.54) is 6.07 Å². The van der Waals surface area contributed by atoms with Crippen LogP contribution in [0.4, 0.5) is 0 Å². The van der Waals surface area contributed by atoms with E-state index in [-0.39, 0.29) is 5.63 Å². The van der Waals surface area contributed by atoms with E-state index in [0.29, 0.717) is 11.3 Å². The average molecular weight is 403 g/mol. The summed E-state index contributed by atoms with van der Waals surface area (Å²) in [6.07, 6.45) is 1.95. The Kier molecular flexibility index (Phi) is 4.68. The molecule has 1 aromatic carbocycles. The van der Waals surface area contributed by atoms with Crippen molar-refractivity contribution in [2.24, 2.45) is 0 Å². The maximum Gasteiger partial charge on any atom is 0.336 e. The predicted molar refractivity (Wildman–Crippen MR) is 118 cm³/mol. The number of pyridine rings is 1. The SMILES string of the molecule is Cc1ccc2c(-c3cc4c(CN5CCN(C)CC5)cnc(C)c4o3)cc(=O)oc2c1. The molecule has 5 rings (SSSR count). The molecule has 154 valence electrons. The highest BCUT2D eigenvalue weighted by molar-refractivity contribution is 5.95. The first-order valence-electron chi connectivity index (χ1n) is 10.3. The Morgan fingerprint density at radius 2 is 1.80 bits per heavy atom. The zero-order chi connectivity index (χ0) is 20.8. The van der Waals surface area contributed by atoms with Gasteiger partial charge in [0.1, 0.15) is 11.3 Å². The third-order valence-corrected chi connectivity index (χ3v) is 5.98. The molecule has 0 saturated carbocycles. The summed E-state index contributed by atoms with van der Waals surface area (Å²) in [5, 5.41) is 1.93. The summed E-state index contributed by atoms with van der Waals surface area (Å²) < 4.78 is 11.7. The minimum atomic E-state index is -0.379. The summed E-state index contributed by atoms with van der Waals surface area (Å²) in [6.45, 7) is 9.01. The Morgan fingerprint density at radius 1 is 1.00 bits per heavy atom. The minimum Gasteiger partial charge on any atom is -0.454 e. The number of benzene rings is 1. The fourth-order valence-electron chi connectivity index (χ4n) is 4.18. The van der Waals surface area contributed by atoms with Crippen molar-refractivity contribution in [1.82, 2.24) is 14.8 Å². The van der Waals surface area contributed by atoms with Gasteiger partial charge in [-0.3, -0.25) is 9.88 Å². The molecule has 30 heavy (non-hydrogen) atoms. The maximum absolute atomic E-state index is 12.2. The van der Waals surface area contributed by atoms with Crippen LogP contribution in [-0.2, 0) is 6.54 Å². The van der Waals surface area contributed by atoms with Gasteiger partial charge in [-0.15, -0.1) is 0 Å². The summed E-state index contributed by atoms with van der Waals surface area (Å²) in [6, 6.07) is 9.43. The highest BCUT2D eigenvalue weighted by Gasteiger charge is 2.19. The molecule has 0 spiro atoms. The minimum absolute atomic E-state index is 0.379. The summed E-state index contributed by atoms with van der Waals surface area (Å²) in [5.41, 5.74) is 4.77. The smallest absolute Gasteiger partial charge is 0.336 e. The molecule has 0 N–H and O–H groups in total. The van der Waals surface area contributed by atoms with Crippen LogP contribution in [0.5, 0.6) is 0 Å². The van der Waals surface area contributed by atoms with E-state index in [4.69, 9.17) is 8.83 Å². The first kappa shape index (κ1) is 19.0. The Hall–Kier alpha value is -2.96. The van der Waals surface area contributed by atoms with Gasteiger partial charge in [-0.2, -0.15) is 0 Å². The second kappa shape index (κ2) is 7.38. The van der Waals surface area contributed by atoms with Crippen molar-refractivity contribution in [3.8, 4) is 11.3 Å². The van der Waals surface area contributed by atoms with Gasteiger partial charge in [0.05, 0.1) is 5.69 Å². The third-order valence-electron chi connectivity index (χ3n) is 5.98. The number of hydrogen-bond acceptors (Lipinski definition) is 6. The number of aryl methyl sites for hydroxylation is 2. The van der Waals surface area contributed by atoms with E-state index in [2.05, 4.69) is 21.8 Å². The lowest BCUT2D eigenvalue weighted by Gasteiger charge is -2.32. The zero-order valence-corrected chi connectivity index (χ0v) is 17.6. The van der Waals surface area contributed by atoms with Gasteiger partial charge >= 0.3 is 5.63 Å². The van der Waals surface area contributed by atoms with E-state index in [1.807, 2.05) is 44.3 Å². The van der Waals surface area contributed by atoms with Crippen LogP contribution in [0.1, 0.15) is 16.8 Å². The normalized spacial score (nSPS) is 16.0. The van der Waals surface area contributed by atoms with Crippen LogP contribution in [0.2, 0.25) is 0 Å². The topological polar surface area (TPSA) is 62.7 Å². The second-order valence-electron chi connectivity index (χ2n) is 8.28. The Balaban J connectivity index is 1.61. The molecular formula is C24H25N3O3. The van der Waals surface area contributed by atoms with Crippen molar-refractivity contribution >= 4 is 21.9 Å². The molecular weight excluding hydrogens is 378 g/mol. The molecule has 4 heterocycles. The molecule has 0 radical (unpaired) electrons. The zero-order valence-electron chi connectivity index (χ0n) is 17.6. The molecule has 0 aliphatic carbocycles. The van der Waals surface area contributed by atoms with Gasteiger partial charge in [-0.25, -0.2) is 4.79 Å². The molecule has 1 saturated heterocycles. The molecule has 0 atom stereocenters. The van der Waals surface area contributed by atoms with Crippen LogP contribution in [0.25, 0.3) is 33.3 Å². The number of likely N-dealkylation sites (N-methyl/N-ethyl adjacent to an activating group) is 1. The van der Waals surface area contributed by atoms with E-state index < -0.39 is 0 Å². The Labute approximate surface area is 174 Å². The summed E-state index contributed by atoms with van der Waals surface area (Å²) in [5.74, 6) is 0.669. The molecule has 1 aliphatic heterocycles. The molecule has 1 fully saturated rings. The van der Waals surface area contributed by atoms with Crippen LogP contribution in [-0.4, -0.2) is 48.0 Å². The van der Waals surface area contributed by atoms with Crippen molar-refractivity contribution in [1.29, 1.82) is 0 Å². The van der Waals surface area contributed by atoms with E-state index >= 15 is 0 Å². The van der Waals surface area contributed by atoms with Crippen LogP contribution in [0.3, 0.4) is 0 Å². The monoisotopic (exact) mass is 403 g/mol. The molecule has 4 aromatic rings. The predicted octanol–water partition coefficient (Wildman–Crippen LogP) is 3.97. The van der Waals surface area contributed by atoms with Gasteiger partial charge in [-0.05, 0) is 44.2 Å². The van der Waals surface area contributed by atoms with Crippen LogP contribution >= 0.6 is 0 Å². The lowest BCUT2D eigenvalue weighted by atomic mass is 10.1. The van der Waals surface area contributed by atoms with Crippen LogP contribution < -0.4 is 5.63 Å². The number of aromatic nitrogens is 1. The number of furan rings is 1. The molecule has 1 aliphatic rings. The molecule has 6 nitrogen and oxygen atoms in total. The quantitative estimate of drug-likeness (QED) is 0.483. The van der Waals surface area contributed by atoms with Crippen LogP contribution in [0.15, 0.2) is 50.2 Å². The molecule has 0 amide bonds. The number of nitrogens with zero attached hydrogens (tertiary/aromatic N) is 3. The van der Waals surface area contributed by atoms with Gasteiger partial charge in [-0.1, -0.05) is 12.1 Å². The van der Waals surface area contributed by atoms with E-state index in [1.54, 1.807) is 0 Å². The fourth-order valence-corrected chi connectivity index (χ4v) is 4.18. The second-order valence-corrected chi connectivity index (χ2v) is 8.28. The first-order chi connectivity index (χ1) is 14.5. The molecule has 0 unspecified atom stereocenters. The van der Waals surface area contributed by atoms with Crippen molar-refractivity contribution < 1.29 is 8.83 Å². The number of fused-ring (bicyclic) bond motifs is 2. The average Bonchev–Trinajstić information content (AvgIpc) is 3.17.